The van der Waals surface area contributed by atoms with Crippen LogP contribution in [0.1, 0.15) is 34.3 Å². The zero-order valence-corrected chi connectivity index (χ0v) is 19.0. The number of hydrogen-bond acceptors (Lipinski definition) is 4. The van der Waals surface area contributed by atoms with Crippen molar-refractivity contribution in [2.45, 2.75) is 32.7 Å². The molecule has 2 heterocycles. The molecular weight excluding hydrogens is 398 g/mol. The summed E-state index contributed by atoms with van der Waals surface area (Å²) in [6, 6.07) is 18.0. The number of para-hydroxylation sites is 1. The first kappa shape index (κ1) is 21.6. The molecule has 1 atom stereocenters. The second-order valence-corrected chi connectivity index (χ2v) is 8.44. The van der Waals surface area contributed by atoms with Gasteiger partial charge in [-0.15, -0.1) is 0 Å². The summed E-state index contributed by atoms with van der Waals surface area (Å²) in [5.74, 6) is 1.48. The number of anilines is 1. The van der Waals surface area contributed by atoms with Crippen molar-refractivity contribution in [3.8, 4) is 0 Å². The van der Waals surface area contributed by atoms with Crippen LogP contribution in [-0.2, 0) is 17.6 Å². The predicted molar refractivity (Wildman–Crippen MR) is 129 cm³/mol. The number of fused-ring (bicyclic) bond motifs is 1. The maximum atomic E-state index is 13.0. The van der Waals surface area contributed by atoms with Gasteiger partial charge in [-0.2, -0.15) is 0 Å². The molecule has 6 heteroatoms. The number of hydrogen-bond donors (Lipinski definition) is 2. The number of H-pyrrole nitrogens is 1. The van der Waals surface area contributed by atoms with Gasteiger partial charge in [0.1, 0.15) is 11.6 Å². The van der Waals surface area contributed by atoms with E-state index in [2.05, 4.69) is 32.4 Å². The minimum absolute atomic E-state index is 0.0265. The average molecular weight is 428 g/mol. The number of amides is 1. The zero-order chi connectivity index (χ0) is 22.7. The van der Waals surface area contributed by atoms with Gasteiger partial charge in [0.2, 0.25) is 5.91 Å². The Balaban J connectivity index is 1.64. The third-order valence-electron chi connectivity index (χ3n) is 5.58. The summed E-state index contributed by atoms with van der Waals surface area (Å²) in [5, 5.41) is 4.39. The van der Waals surface area contributed by atoms with Gasteiger partial charge in [0, 0.05) is 43.7 Å². The lowest BCUT2D eigenvalue weighted by atomic mass is 10.0. The van der Waals surface area contributed by atoms with Crippen LogP contribution in [0.25, 0.3) is 10.9 Å². The molecule has 6 nitrogen and oxygen atoms in total. The highest BCUT2D eigenvalue weighted by Crippen LogP contribution is 2.25. The van der Waals surface area contributed by atoms with Gasteiger partial charge in [-0.05, 0) is 31.0 Å². The van der Waals surface area contributed by atoms with E-state index in [-0.39, 0.29) is 11.9 Å². The molecule has 0 aliphatic rings. The van der Waals surface area contributed by atoms with Crippen molar-refractivity contribution in [1.82, 2.24) is 20.3 Å². The number of aryl methyl sites for hydroxylation is 2. The van der Waals surface area contributed by atoms with Gasteiger partial charge in [0.15, 0.2) is 0 Å². The number of nitrogens with one attached hydrogen (secondary N) is 2. The maximum Gasteiger partial charge on any atom is 0.224 e. The Morgan fingerprint density at radius 2 is 1.81 bits per heavy atom. The Kier molecular flexibility index (Phi) is 6.21. The molecule has 0 radical (unpaired) electrons. The van der Waals surface area contributed by atoms with Crippen LogP contribution in [0.15, 0.2) is 60.8 Å². The molecule has 32 heavy (non-hydrogen) atoms. The van der Waals surface area contributed by atoms with Crippen molar-refractivity contribution in [3.63, 3.8) is 0 Å². The fourth-order valence-corrected chi connectivity index (χ4v) is 3.87. The third kappa shape index (κ3) is 4.97. The van der Waals surface area contributed by atoms with Crippen molar-refractivity contribution in [1.29, 1.82) is 0 Å². The van der Waals surface area contributed by atoms with Gasteiger partial charge in [0.25, 0.3) is 0 Å². The van der Waals surface area contributed by atoms with Crippen LogP contribution in [0.2, 0.25) is 0 Å². The molecule has 2 aromatic heterocycles. The first-order valence-electron chi connectivity index (χ1n) is 10.8. The highest BCUT2D eigenvalue weighted by Gasteiger charge is 2.20. The molecule has 2 aromatic carbocycles. The van der Waals surface area contributed by atoms with E-state index in [9.17, 15) is 4.79 Å². The van der Waals surface area contributed by atoms with E-state index in [0.29, 0.717) is 18.7 Å². The van der Waals surface area contributed by atoms with Crippen molar-refractivity contribution < 1.29 is 4.79 Å². The molecule has 0 spiro atoms. The monoisotopic (exact) mass is 427 g/mol. The summed E-state index contributed by atoms with van der Waals surface area (Å²) in [5.41, 5.74) is 5.21. The van der Waals surface area contributed by atoms with Crippen molar-refractivity contribution in [3.05, 3.63) is 89.0 Å². The Morgan fingerprint density at radius 1 is 1.06 bits per heavy atom. The summed E-state index contributed by atoms with van der Waals surface area (Å²) in [4.78, 5) is 27.5. The van der Waals surface area contributed by atoms with E-state index in [4.69, 9.17) is 0 Å². The van der Waals surface area contributed by atoms with Crippen LogP contribution in [0.4, 0.5) is 5.82 Å². The number of carbonyl (C=O) groups is 1. The van der Waals surface area contributed by atoms with E-state index in [1.54, 1.807) is 0 Å². The largest absolute Gasteiger partial charge is 0.363 e. The molecule has 0 aliphatic heterocycles. The molecule has 0 saturated heterocycles. The molecule has 0 saturated carbocycles. The fraction of sp³-hybridized carbons (Fsp3) is 0.269. The van der Waals surface area contributed by atoms with Crippen LogP contribution in [0.3, 0.4) is 0 Å². The van der Waals surface area contributed by atoms with E-state index >= 15 is 0 Å². The van der Waals surface area contributed by atoms with E-state index in [0.717, 1.165) is 33.5 Å². The number of aromatic nitrogens is 3. The molecule has 0 unspecified atom stereocenters. The molecule has 4 rings (SSSR count). The van der Waals surface area contributed by atoms with Gasteiger partial charge < -0.3 is 15.2 Å². The Labute approximate surface area is 188 Å². The molecule has 0 fully saturated rings. The number of aromatic amines is 1. The lowest BCUT2D eigenvalue weighted by molar-refractivity contribution is -0.121. The first-order valence-corrected chi connectivity index (χ1v) is 10.8. The summed E-state index contributed by atoms with van der Waals surface area (Å²) in [7, 11) is 3.91. The predicted octanol–water partition coefficient (Wildman–Crippen LogP) is 4.28. The average Bonchev–Trinajstić information content (AvgIpc) is 3.17. The number of nitrogens with zero attached hydrogens (tertiary/aromatic N) is 3. The second-order valence-electron chi connectivity index (χ2n) is 8.44. The summed E-state index contributed by atoms with van der Waals surface area (Å²) in [6.45, 7) is 3.92. The molecule has 164 valence electrons. The van der Waals surface area contributed by atoms with Gasteiger partial charge >= 0.3 is 0 Å². The van der Waals surface area contributed by atoms with Crippen LogP contribution in [-0.4, -0.2) is 35.0 Å². The molecule has 2 N–H and O–H groups in total. The van der Waals surface area contributed by atoms with E-state index in [1.807, 2.05) is 81.5 Å². The van der Waals surface area contributed by atoms with E-state index in [1.165, 1.54) is 5.56 Å². The number of rotatable bonds is 7. The number of benzene rings is 2. The number of carbonyl (C=O) groups excluding carboxylic acids is 1. The maximum absolute atomic E-state index is 13.0. The highest BCUT2D eigenvalue weighted by molar-refractivity contribution is 5.83. The normalized spacial score (nSPS) is 12.0. The molecule has 0 bridgehead atoms. The van der Waals surface area contributed by atoms with Crippen LogP contribution in [0, 0.1) is 13.8 Å². The second kappa shape index (κ2) is 9.22. The van der Waals surface area contributed by atoms with Crippen LogP contribution in [0.5, 0.6) is 0 Å². The topological polar surface area (TPSA) is 73.9 Å². The van der Waals surface area contributed by atoms with Crippen molar-refractivity contribution >= 4 is 22.6 Å². The van der Waals surface area contributed by atoms with Crippen LogP contribution < -0.4 is 10.2 Å². The van der Waals surface area contributed by atoms with Gasteiger partial charge in [-0.1, -0.05) is 48.0 Å². The lowest BCUT2D eigenvalue weighted by Gasteiger charge is -2.21. The Hall–Kier alpha value is -3.67. The SMILES string of the molecule is Cc1ccc(CC(=O)N[C@H](Cc2c[nH]c3ccccc23)c2cc(N(C)C)nc(C)n2)cc1. The van der Waals surface area contributed by atoms with Gasteiger partial charge in [-0.3, -0.25) is 4.79 Å². The first-order chi connectivity index (χ1) is 15.4. The minimum Gasteiger partial charge on any atom is -0.363 e. The van der Waals surface area contributed by atoms with Gasteiger partial charge in [0.05, 0.1) is 18.2 Å². The minimum atomic E-state index is -0.271. The zero-order valence-electron chi connectivity index (χ0n) is 19.0. The quantitative estimate of drug-likeness (QED) is 0.462. The fourth-order valence-electron chi connectivity index (χ4n) is 3.87. The molecule has 1 amide bonds. The smallest absolute Gasteiger partial charge is 0.224 e. The molecule has 4 aromatic rings. The van der Waals surface area contributed by atoms with Crippen LogP contribution >= 0.6 is 0 Å². The standard InChI is InChI=1S/C26H29N5O/c1-17-9-11-19(12-10-17)13-26(32)30-23(24-15-25(31(3)4)29-18(2)28-24)14-20-16-27-22-8-6-5-7-21(20)22/h5-12,15-16,23,27H,13-14H2,1-4H3,(H,30,32)/t23-/m1/s1. The molecule has 0 aliphatic carbocycles. The van der Waals surface area contributed by atoms with E-state index < -0.39 is 0 Å². The Morgan fingerprint density at radius 3 is 2.56 bits per heavy atom. The van der Waals surface area contributed by atoms with Crippen molar-refractivity contribution in [2.75, 3.05) is 19.0 Å². The van der Waals surface area contributed by atoms with Crippen molar-refractivity contribution in [2.24, 2.45) is 0 Å². The summed E-state index contributed by atoms with van der Waals surface area (Å²) < 4.78 is 0. The molecular formula is C26H29N5O. The highest BCUT2D eigenvalue weighted by atomic mass is 16.1. The van der Waals surface area contributed by atoms with Gasteiger partial charge in [-0.25, -0.2) is 9.97 Å². The Bertz CT molecular complexity index is 1230. The third-order valence-corrected chi connectivity index (χ3v) is 5.58. The summed E-state index contributed by atoms with van der Waals surface area (Å²) >= 11 is 0. The lowest BCUT2D eigenvalue weighted by Crippen LogP contribution is -2.32. The summed E-state index contributed by atoms with van der Waals surface area (Å²) in [6.07, 6.45) is 2.98.